The molecule has 0 bridgehead atoms. The molecule has 1 aromatic carbocycles. The zero-order chi connectivity index (χ0) is 20.9. The third kappa shape index (κ3) is 4.93. The minimum Gasteiger partial charge on any atom is -0.478 e. The lowest BCUT2D eigenvalue weighted by atomic mass is 9.70. The first kappa shape index (κ1) is 20.8. The van der Waals surface area contributed by atoms with E-state index in [0.29, 0.717) is 11.6 Å². The van der Waals surface area contributed by atoms with Gasteiger partial charge < -0.3 is 15.7 Å². The largest absolute Gasteiger partial charge is 0.478 e. The molecule has 1 amide bonds. The average molecular weight is 392 g/mol. The minimum atomic E-state index is -1.06. The molecule has 3 N–H and O–H groups in total. The molecule has 5 heteroatoms. The maximum absolute atomic E-state index is 12.7. The number of allylic oxidation sites excluding steroid dienone is 6. The van der Waals surface area contributed by atoms with Crippen LogP contribution in [0.15, 0.2) is 72.4 Å². The van der Waals surface area contributed by atoms with Gasteiger partial charge in [0.1, 0.15) is 0 Å². The van der Waals surface area contributed by atoms with Crippen molar-refractivity contribution in [3.63, 3.8) is 0 Å². The molecule has 3 atom stereocenters. The van der Waals surface area contributed by atoms with Gasteiger partial charge in [-0.05, 0) is 30.7 Å². The van der Waals surface area contributed by atoms with E-state index in [1.54, 1.807) is 18.2 Å². The normalized spacial score (nSPS) is 23.2. The van der Waals surface area contributed by atoms with Gasteiger partial charge >= 0.3 is 5.97 Å². The number of aromatic carboxylic acids is 1. The number of carboxylic acids is 1. The minimum absolute atomic E-state index is 0.0881. The molecule has 29 heavy (non-hydrogen) atoms. The lowest BCUT2D eigenvalue weighted by molar-refractivity contribution is -0.116. The summed E-state index contributed by atoms with van der Waals surface area (Å²) in [4.78, 5) is 24.1. The van der Waals surface area contributed by atoms with Crippen LogP contribution in [0, 0.1) is 11.3 Å². The van der Waals surface area contributed by atoms with Crippen LogP contribution >= 0.6 is 0 Å². The monoisotopic (exact) mass is 392 g/mol. The molecule has 0 spiro atoms. The lowest BCUT2D eigenvalue weighted by Crippen LogP contribution is -2.37. The Kier molecular flexibility index (Phi) is 6.49. The molecular formula is C24H28N2O3. The number of fused-ring (bicyclic) bond motifs is 1. The Morgan fingerprint density at radius 2 is 2.00 bits per heavy atom. The van der Waals surface area contributed by atoms with Crippen LogP contribution in [-0.2, 0) is 4.79 Å². The molecule has 0 heterocycles. The van der Waals surface area contributed by atoms with Gasteiger partial charge in [0.15, 0.2) is 0 Å². The van der Waals surface area contributed by atoms with E-state index in [1.807, 2.05) is 0 Å². The van der Waals surface area contributed by atoms with E-state index in [0.717, 1.165) is 18.5 Å². The molecule has 1 aromatic rings. The molecule has 2 aliphatic carbocycles. The number of hydrogen-bond acceptors (Lipinski definition) is 3. The number of benzene rings is 1. The van der Waals surface area contributed by atoms with E-state index in [1.165, 1.54) is 6.07 Å². The zero-order valence-electron chi connectivity index (χ0n) is 16.9. The number of hydrogen-bond donors (Lipinski definition) is 3. The maximum atomic E-state index is 12.7. The first-order valence-corrected chi connectivity index (χ1v) is 10.1. The van der Waals surface area contributed by atoms with Crippen molar-refractivity contribution < 1.29 is 14.7 Å². The maximum Gasteiger partial charge on any atom is 0.337 e. The Hall–Kier alpha value is -2.92. The highest BCUT2D eigenvalue weighted by atomic mass is 16.4. The van der Waals surface area contributed by atoms with E-state index in [9.17, 15) is 14.7 Å². The van der Waals surface area contributed by atoms with E-state index in [4.69, 9.17) is 0 Å². The highest BCUT2D eigenvalue weighted by Crippen LogP contribution is 2.40. The molecule has 0 radical (unpaired) electrons. The van der Waals surface area contributed by atoms with Gasteiger partial charge in [-0.1, -0.05) is 68.5 Å². The number of anilines is 1. The summed E-state index contributed by atoms with van der Waals surface area (Å²) in [6.07, 6.45) is 16.2. The molecule has 0 aromatic heterocycles. The van der Waals surface area contributed by atoms with Crippen LogP contribution in [0.5, 0.6) is 0 Å². The molecule has 0 aliphatic heterocycles. The van der Waals surface area contributed by atoms with Crippen LogP contribution in [0.4, 0.5) is 5.69 Å². The fourth-order valence-electron chi connectivity index (χ4n) is 3.81. The summed E-state index contributed by atoms with van der Waals surface area (Å²) >= 11 is 0. The van der Waals surface area contributed by atoms with Crippen molar-refractivity contribution in [1.82, 2.24) is 5.32 Å². The lowest BCUT2D eigenvalue weighted by Gasteiger charge is -2.36. The SMILES string of the molecule is CCCNC(CC(=O)Nc1ccccc1C(=O)O)C1=CC2(C)C=CC=CC2C=C1. The standard InChI is InChI=1S/C24H28N2O3/c1-3-14-25-21(17-11-12-18-8-6-7-13-24(18,2)16-17)15-22(27)26-20-10-5-4-9-19(20)23(28)29/h4-13,16,18,21,25H,3,14-15H2,1-2H3,(H,26,27)(H,28,29). The van der Waals surface area contributed by atoms with Crippen LogP contribution in [-0.4, -0.2) is 29.6 Å². The van der Waals surface area contributed by atoms with Crippen molar-refractivity contribution in [2.45, 2.75) is 32.7 Å². The first-order chi connectivity index (χ1) is 13.9. The van der Waals surface area contributed by atoms with Gasteiger partial charge in [0.05, 0.1) is 11.3 Å². The van der Waals surface area contributed by atoms with Crippen LogP contribution in [0.2, 0.25) is 0 Å². The molecule has 2 aliphatic rings. The second-order valence-electron chi connectivity index (χ2n) is 7.75. The van der Waals surface area contributed by atoms with Gasteiger partial charge in [-0.2, -0.15) is 0 Å². The smallest absolute Gasteiger partial charge is 0.337 e. The summed E-state index contributed by atoms with van der Waals surface area (Å²) in [6.45, 7) is 5.08. The molecule has 0 saturated carbocycles. The molecule has 0 fully saturated rings. The molecule has 152 valence electrons. The van der Waals surface area contributed by atoms with E-state index in [-0.39, 0.29) is 29.3 Å². The predicted octanol–water partition coefficient (Wildman–Crippen LogP) is 4.33. The van der Waals surface area contributed by atoms with Crippen LogP contribution < -0.4 is 10.6 Å². The highest BCUT2D eigenvalue weighted by Gasteiger charge is 2.32. The fraction of sp³-hybridized carbons (Fsp3) is 0.333. The van der Waals surface area contributed by atoms with Crippen LogP contribution in [0.3, 0.4) is 0 Å². The topological polar surface area (TPSA) is 78.4 Å². The van der Waals surface area contributed by atoms with Gasteiger partial charge in [0.25, 0.3) is 0 Å². The second kappa shape index (κ2) is 9.05. The van der Waals surface area contributed by atoms with E-state index < -0.39 is 5.97 Å². The van der Waals surface area contributed by atoms with E-state index in [2.05, 4.69) is 67.0 Å². The van der Waals surface area contributed by atoms with Crippen molar-refractivity contribution in [1.29, 1.82) is 0 Å². The number of nitrogens with one attached hydrogen (secondary N) is 2. The Labute approximate surface area is 171 Å². The molecular weight excluding hydrogens is 364 g/mol. The number of amides is 1. The van der Waals surface area contributed by atoms with Crippen LogP contribution in [0.1, 0.15) is 37.0 Å². The number of carboxylic acid groups (broad SMARTS) is 1. The number of carbonyl (C=O) groups is 2. The first-order valence-electron chi connectivity index (χ1n) is 10.1. The fourth-order valence-corrected chi connectivity index (χ4v) is 3.81. The third-order valence-corrected chi connectivity index (χ3v) is 5.44. The van der Waals surface area contributed by atoms with Crippen LogP contribution in [0.25, 0.3) is 0 Å². The van der Waals surface area contributed by atoms with Crippen molar-refractivity contribution in [3.8, 4) is 0 Å². The molecule has 0 saturated heterocycles. The highest BCUT2D eigenvalue weighted by molar-refractivity contribution is 6.00. The van der Waals surface area contributed by atoms with Gasteiger partial charge in [-0.3, -0.25) is 4.79 Å². The van der Waals surface area contributed by atoms with Crippen molar-refractivity contribution in [2.24, 2.45) is 11.3 Å². The summed E-state index contributed by atoms with van der Waals surface area (Å²) in [7, 11) is 0. The van der Waals surface area contributed by atoms with Gasteiger partial charge in [-0.25, -0.2) is 4.79 Å². The van der Waals surface area contributed by atoms with Gasteiger partial charge in [0.2, 0.25) is 5.91 Å². The Morgan fingerprint density at radius 3 is 2.76 bits per heavy atom. The summed E-state index contributed by atoms with van der Waals surface area (Å²) < 4.78 is 0. The quantitative estimate of drug-likeness (QED) is 0.615. The molecule has 5 nitrogen and oxygen atoms in total. The second-order valence-corrected chi connectivity index (χ2v) is 7.75. The Morgan fingerprint density at radius 1 is 1.21 bits per heavy atom. The average Bonchev–Trinajstić information content (AvgIpc) is 2.70. The van der Waals surface area contributed by atoms with E-state index >= 15 is 0 Å². The summed E-state index contributed by atoms with van der Waals surface area (Å²) in [5, 5.41) is 15.6. The zero-order valence-corrected chi connectivity index (χ0v) is 16.9. The van der Waals surface area contributed by atoms with Gasteiger partial charge in [0, 0.05) is 23.8 Å². The third-order valence-electron chi connectivity index (χ3n) is 5.44. The number of carbonyl (C=O) groups excluding carboxylic acids is 1. The Bertz CT molecular complexity index is 897. The molecule has 3 unspecified atom stereocenters. The summed E-state index contributed by atoms with van der Waals surface area (Å²) in [5.74, 6) is -0.956. The van der Waals surface area contributed by atoms with Crippen molar-refractivity contribution in [2.75, 3.05) is 11.9 Å². The van der Waals surface area contributed by atoms with Gasteiger partial charge in [-0.15, -0.1) is 0 Å². The summed E-state index contributed by atoms with van der Waals surface area (Å²) in [5.41, 5.74) is 1.39. The predicted molar refractivity (Wildman–Crippen MR) is 116 cm³/mol. The molecule has 3 rings (SSSR count). The van der Waals surface area contributed by atoms with Crippen molar-refractivity contribution >= 4 is 17.6 Å². The summed E-state index contributed by atoms with van der Waals surface area (Å²) in [6, 6.07) is 6.32. The number of para-hydroxylation sites is 1. The number of rotatable bonds is 8. The van der Waals surface area contributed by atoms with Crippen molar-refractivity contribution in [3.05, 3.63) is 77.9 Å². The Balaban J connectivity index is 1.77.